The Morgan fingerprint density at radius 1 is 1.10 bits per heavy atom. The van der Waals surface area contributed by atoms with E-state index in [1.165, 1.54) is 11.8 Å². The van der Waals surface area contributed by atoms with Gasteiger partial charge in [-0.2, -0.15) is 0 Å². The number of benzene rings is 2. The minimum absolute atomic E-state index is 0.0405. The molecule has 1 aliphatic heterocycles. The summed E-state index contributed by atoms with van der Waals surface area (Å²) in [4.78, 5) is 16.9. The molecule has 2 aliphatic rings. The van der Waals surface area contributed by atoms with Crippen LogP contribution in [-0.2, 0) is 15.4 Å². The van der Waals surface area contributed by atoms with Crippen LogP contribution in [0, 0.1) is 0 Å². The van der Waals surface area contributed by atoms with E-state index in [9.17, 15) is 13.2 Å². The van der Waals surface area contributed by atoms with Crippen molar-refractivity contribution in [1.82, 2.24) is 9.29 Å². The lowest BCUT2D eigenvalue weighted by Crippen LogP contribution is -2.37. The van der Waals surface area contributed by atoms with Gasteiger partial charge in [-0.05, 0) is 42.0 Å². The van der Waals surface area contributed by atoms with Crippen molar-refractivity contribution >= 4 is 32.4 Å². The molecular formula is C24H27N3O3S. The minimum Gasteiger partial charge on any atom is -0.399 e. The fraction of sp³-hybridized carbons (Fsp3) is 0.375. The molecule has 0 spiro atoms. The zero-order valence-corrected chi connectivity index (χ0v) is 18.8. The van der Waals surface area contributed by atoms with Crippen molar-refractivity contribution in [3.8, 4) is 0 Å². The first-order chi connectivity index (χ1) is 14.6. The number of nitrogens with zero attached hydrogens (tertiary/aromatic N) is 1. The summed E-state index contributed by atoms with van der Waals surface area (Å²) in [5.74, 6) is 0.330. The molecule has 0 bridgehead atoms. The molecular weight excluding hydrogens is 410 g/mol. The highest BCUT2D eigenvalue weighted by atomic mass is 32.2. The SMILES string of the molecule is CC1(C)c2cc(C3CCN(S(C)(=O)=O)CC3)ccc2C(=O)c2c1[nH]c1cc(N)ccc21. The smallest absolute Gasteiger partial charge is 0.211 e. The lowest BCUT2D eigenvalue weighted by atomic mass is 9.70. The molecule has 1 aliphatic carbocycles. The molecule has 31 heavy (non-hydrogen) atoms. The van der Waals surface area contributed by atoms with Crippen molar-refractivity contribution in [2.45, 2.75) is 38.0 Å². The van der Waals surface area contributed by atoms with E-state index < -0.39 is 10.0 Å². The van der Waals surface area contributed by atoms with Crippen LogP contribution in [0.4, 0.5) is 5.69 Å². The van der Waals surface area contributed by atoms with Gasteiger partial charge in [0, 0.05) is 46.4 Å². The maximum Gasteiger partial charge on any atom is 0.211 e. The summed E-state index contributed by atoms with van der Waals surface area (Å²) < 4.78 is 25.2. The lowest BCUT2D eigenvalue weighted by Gasteiger charge is -2.34. The number of nitrogens with one attached hydrogen (secondary N) is 1. The summed E-state index contributed by atoms with van der Waals surface area (Å²) in [6, 6.07) is 11.8. The highest BCUT2D eigenvalue weighted by Gasteiger charge is 2.40. The van der Waals surface area contributed by atoms with Crippen LogP contribution in [0.1, 0.15) is 65.3 Å². The zero-order chi connectivity index (χ0) is 22.1. The number of H-pyrrole nitrogens is 1. The van der Waals surface area contributed by atoms with Gasteiger partial charge in [-0.15, -0.1) is 0 Å². The molecule has 2 heterocycles. The largest absolute Gasteiger partial charge is 0.399 e. The Labute approximate surface area is 182 Å². The van der Waals surface area contributed by atoms with E-state index in [0.29, 0.717) is 18.8 Å². The summed E-state index contributed by atoms with van der Waals surface area (Å²) in [5, 5.41) is 0.908. The van der Waals surface area contributed by atoms with Crippen molar-refractivity contribution in [2.24, 2.45) is 0 Å². The highest BCUT2D eigenvalue weighted by molar-refractivity contribution is 7.88. The standard InChI is InChI=1S/C24H27N3O3S/c1-24(2)19-12-15(14-8-10-27(11-9-14)31(3,29)30)4-6-17(19)22(28)21-18-7-5-16(25)13-20(18)26-23(21)24/h4-7,12-14,26H,8-11,25H2,1-3H3. The number of nitrogens with two attached hydrogens (primary N) is 1. The van der Waals surface area contributed by atoms with Crippen molar-refractivity contribution in [2.75, 3.05) is 25.1 Å². The number of aromatic nitrogens is 1. The quantitative estimate of drug-likeness (QED) is 0.597. The number of ketones is 1. The van der Waals surface area contributed by atoms with E-state index in [-0.39, 0.29) is 17.1 Å². The number of hydrogen-bond acceptors (Lipinski definition) is 4. The topological polar surface area (TPSA) is 96.3 Å². The number of nitrogen functional groups attached to an aromatic ring is 1. The predicted molar refractivity (Wildman–Crippen MR) is 123 cm³/mol. The van der Waals surface area contributed by atoms with E-state index in [0.717, 1.165) is 46.1 Å². The van der Waals surface area contributed by atoms with Crippen LogP contribution >= 0.6 is 0 Å². The van der Waals surface area contributed by atoms with Crippen LogP contribution in [0.2, 0.25) is 0 Å². The molecule has 3 N–H and O–H groups in total. The molecule has 2 aromatic carbocycles. The molecule has 0 radical (unpaired) electrons. The van der Waals surface area contributed by atoms with E-state index >= 15 is 0 Å². The van der Waals surface area contributed by atoms with Crippen molar-refractivity contribution in [1.29, 1.82) is 0 Å². The van der Waals surface area contributed by atoms with Crippen LogP contribution < -0.4 is 5.73 Å². The Kier molecular flexibility index (Phi) is 4.37. The second-order valence-corrected chi connectivity index (χ2v) is 11.4. The summed E-state index contributed by atoms with van der Waals surface area (Å²) in [5.41, 5.74) is 11.7. The van der Waals surface area contributed by atoms with Crippen LogP contribution in [0.15, 0.2) is 36.4 Å². The zero-order valence-electron chi connectivity index (χ0n) is 18.0. The third-order valence-corrected chi connectivity index (χ3v) is 8.33. The number of carbonyl (C=O) groups is 1. The number of hydrogen-bond donors (Lipinski definition) is 2. The summed E-state index contributed by atoms with van der Waals surface area (Å²) >= 11 is 0. The average molecular weight is 438 g/mol. The normalized spacial score (nSPS) is 19.4. The number of piperidine rings is 1. The third kappa shape index (κ3) is 3.10. The molecule has 0 unspecified atom stereocenters. The second-order valence-electron chi connectivity index (χ2n) is 9.38. The van der Waals surface area contributed by atoms with Gasteiger partial charge in [0.1, 0.15) is 0 Å². The number of sulfonamides is 1. The van der Waals surface area contributed by atoms with Crippen molar-refractivity contribution in [3.63, 3.8) is 0 Å². The summed E-state index contributed by atoms with van der Waals surface area (Å²) in [6.45, 7) is 5.37. The first-order valence-electron chi connectivity index (χ1n) is 10.6. The van der Waals surface area contributed by atoms with Gasteiger partial charge >= 0.3 is 0 Å². The van der Waals surface area contributed by atoms with Gasteiger partial charge in [-0.3, -0.25) is 4.79 Å². The summed E-state index contributed by atoms with van der Waals surface area (Å²) in [6.07, 6.45) is 2.85. The van der Waals surface area contributed by atoms with Crippen molar-refractivity contribution < 1.29 is 13.2 Å². The van der Waals surface area contributed by atoms with Gasteiger partial charge in [0.2, 0.25) is 10.0 Å². The molecule has 6 nitrogen and oxygen atoms in total. The summed E-state index contributed by atoms with van der Waals surface area (Å²) in [7, 11) is -3.15. The monoisotopic (exact) mass is 437 g/mol. The molecule has 3 aromatic rings. The molecule has 0 amide bonds. The van der Waals surface area contributed by atoms with Gasteiger partial charge in [-0.25, -0.2) is 12.7 Å². The van der Waals surface area contributed by atoms with Crippen LogP contribution in [0.5, 0.6) is 0 Å². The highest BCUT2D eigenvalue weighted by Crippen LogP contribution is 2.45. The molecule has 162 valence electrons. The number of carbonyl (C=O) groups excluding carboxylic acids is 1. The minimum atomic E-state index is -3.15. The number of anilines is 1. The van der Waals surface area contributed by atoms with Crippen LogP contribution in [0.25, 0.3) is 10.9 Å². The first kappa shape index (κ1) is 20.3. The number of fused-ring (bicyclic) bond motifs is 4. The molecule has 1 fully saturated rings. The van der Waals surface area contributed by atoms with E-state index in [4.69, 9.17) is 5.73 Å². The van der Waals surface area contributed by atoms with Gasteiger partial charge in [0.15, 0.2) is 5.78 Å². The Bertz CT molecular complexity index is 1330. The van der Waals surface area contributed by atoms with Crippen LogP contribution in [-0.4, -0.2) is 42.8 Å². The average Bonchev–Trinajstić information content (AvgIpc) is 3.11. The Balaban J connectivity index is 1.55. The van der Waals surface area contributed by atoms with Gasteiger partial charge in [-0.1, -0.05) is 38.1 Å². The third-order valence-electron chi connectivity index (χ3n) is 7.03. The first-order valence-corrected chi connectivity index (χ1v) is 12.5. The molecule has 7 heteroatoms. The predicted octanol–water partition coefficient (Wildman–Crippen LogP) is 3.76. The second kappa shape index (κ2) is 6.68. The van der Waals surface area contributed by atoms with E-state index in [2.05, 4.69) is 24.9 Å². The molecule has 1 saturated heterocycles. The van der Waals surface area contributed by atoms with Gasteiger partial charge in [0.05, 0.1) is 11.8 Å². The maximum absolute atomic E-state index is 13.5. The molecule has 0 saturated carbocycles. The van der Waals surface area contributed by atoms with E-state index in [1.54, 1.807) is 4.31 Å². The Morgan fingerprint density at radius 3 is 2.48 bits per heavy atom. The molecule has 5 rings (SSSR count). The maximum atomic E-state index is 13.5. The van der Waals surface area contributed by atoms with Gasteiger partial charge in [0.25, 0.3) is 0 Å². The van der Waals surface area contributed by atoms with Gasteiger partial charge < -0.3 is 10.7 Å². The molecule has 0 atom stereocenters. The lowest BCUT2D eigenvalue weighted by molar-refractivity contribution is 0.103. The fourth-order valence-electron chi connectivity index (χ4n) is 5.24. The van der Waals surface area contributed by atoms with E-state index in [1.807, 2.05) is 30.3 Å². The fourth-order valence-corrected chi connectivity index (χ4v) is 6.11. The molecule has 1 aromatic heterocycles. The number of aromatic amines is 1. The Morgan fingerprint density at radius 2 is 1.81 bits per heavy atom. The van der Waals surface area contributed by atoms with Crippen molar-refractivity contribution in [3.05, 3.63) is 64.3 Å². The number of rotatable bonds is 2. The van der Waals surface area contributed by atoms with Crippen LogP contribution in [0.3, 0.4) is 0 Å². The Hall–Kier alpha value is -2.64.